The Hall–Kier alpha value is -0.960. The fourth-order valence-electron chi connectivity index (χ4n) is 3.12. The zero-order valence-corrected chi connectivity index (χ0v) is 12.7. The SMILES string of the molecule is CC(C)NCC1CCC(C)(C)CC1c1cnccn1. The Bertz CT molecular complexity index is 384. The lowest BCUT2D eigenvalue weighted by molar-refractivity contribution is 0.155. The molecule has 0 bridgehead atoms. The van der Waals surface area contributed by atoms with E-state index < -0.39 is 0 Å². The molecular weight excluding hydrogens is 234 g/mol. The number of aromatic nitrogens is 2. The molecule has 0 radical (unpaired) electrons. The van der Waals surface area contributed by atoms with Crippen LogP contribution in [0.3, 0.4) is 0 Å². The summed E-state index contributed by atoms with van der Waals surface area (Å²) in [6.45, 7) is 10.3. The molecule has 1 saturated carbocycles. The first-order valence-electron chi connectivity index (χ1n) is 7.47. The van der Waals surface area contributed by atoms with Gasteiger partial charge in [0.2, 0.25) is 0 Å². The highest BCUT2D eigenvalue weighted by Gasteiger charge is 2.36. The highest BCUT2D eigenvalue weighted by molar-refractivity contribution is 5.09. The summed E-state index contributed by atoms with van der Waals surface area (Å²) in [5.74, 6) is 1.23. The maximum Gasteiger partial charge on any atom is 0.0620 e. The number of nitrogens with one attached hydrogen (secondary N) is 1. The molecule has 3 heteroatoms. The Balaban J connectivity index is 2.12. The lowest BCUT2D eigenvalue weighted by Gasteiger charge is -2.40. The van der Waals surface area contributed by atoms with Crippen molar-refractivity contribution in [2.75, 3.05) is 6.54 Å². The number of hydrogen-bond acceptors (Lipinski definition) is 3. The summed E-state index contributed by atoms with van der Waals surface area (Å²) in [6.07, 6.45) is 9.36. The lowest BCUT2D eigenvalue weighted by Crippen LogP contribution is -2.37. The largest absolute Gasteiger partial charge is 0.314 e. The van der Waals surface area contributed by atoms with Gasteiger partial charge in [-0.15, -0.1) is 0 Å². The second-order valence-electron chi connectivity index (χ2n) is 6.97. The van der Waals surface area contributed by atoms with Gasteiger partial charge < -0.3 is 5.32 Å². The second kappa shape index (κ2) is 6.00. The van der Waals surface area contributed by atoms with Crippen LogP contribution in [0.5, 0.6) is 0 Å². The number of hydrogen-bond donors (Lipinski definition) is 1. The molecule has 2 rings (SSSR count). The fourth-order valence-corrected chi connectivity index (χ4v) is 3.12. The zero-order chi connectivity index (χ0) is 13.9. The van der Waals surface area contributed by atoms with E-state index in [1.165, 1.54) is 25.0 Å². The zero-order valence-electron chi connectivity index (χ0n) is 12.7. The van der Waals surface area contributed by atoms with Crippen LogP contribution in [0.15, 0.2) is 18.6 Å². The van der Waals surface area contributed by atoms with Crippen molar-refractivity contribution < 1.29 is 0 Å². The van der Waals surface area contributed by atoms with Crippen LogP contribution >= 0.6 is 0 Å². The molecule has 1 fully saturated rings. The normalized spacial score (nSPS) is 26.6. The second-order valence-corrected chi connectivity index (χ2v) is 6.97. The first-order chi connectivity index (χ1) is 8.98. The molecule has 1 heterocycles. The molecule has 19 heavy (non-hydrogen) atoms. The summed E-state index contributed by atoms with van der Waals surface area (Å²) in [5.41, 5.74) is 1.60. The highest BCUT2D eigenvalue weighted by atomic mass is 14.9. The van der Waals surface area contributed by atoms with Crippen molar-refractivity contribution in [1.29, 1.82) is 0 Å². The van der Waals surface area contributed by atoms with Crippen LogP contribution in [-0.2, 0) is 0 Å². The summed E-state index contributed by atoms with van der Waals surface area (Å²) >= 11 is 0. The molecule has 1 aliphatic rings. The van der Waals surface area contributed by atoms with E-state index in [1.54, 1.807) is 6.20 Å². The molecule has 0 aliphatic heterocycles. The van der Waals surface area contributed by atoms with E-state index >= 15 is 0 Å². The van der Waals surface area contributed by atoms with Gasteiger partial charge in [-0.3, -0.25) is 9.97 Å². The van der Waals surface area contributed by atoms with E-state index in [0.29, 0.717) is 23.3 Å². The van der Waals surface area contributed by atoms with Crippen LogP contribution in [-0.4, -0.2) is 22.6 Å². The maximum absolute atomic E-state index is 4.56. The molecule has 1 N–H and O–H groups in total. The quantitative estimate of drug-likeness (QED) is 0.903. The van der Waals surface area contributed by atoms with Crippen molar-refractivity contribution in [2.45, 2.75) is 58.9 Å². The van der Waals surface area contributed by atoms with Gasteiger partial charge in [-0.2, -0.15) is 0 Å². The van der Waals surface area contributed by atoms with Gasteiger partial charge in [-0.05, 0) is 37.1 Å². The van der Waals surface area contributed by atoms with E-state index in [2.05, 4.69) is 43.0 Å². The third kappa shape index (κ3) is 4.00. The number of nitrogens with zero attached hydrogens (tertiary/aromatic N) is 2. The van der Waals surface area contributed by atoms with Crippen molar-refractivity contribution in [3.63, 3.8) is 0 Å². The molecule has 0 aromatic carbocycles. The molecule has 0 amide bonds. The molecule has 2 unspecified atom stereocenters. The predicted octanol–water partition coefficient (Wildman–Crippen LogP) is 3.38. The number of rotatable bonds is 4. The standard InChI is InChI=1S/C16H27N3/c1-12(2)19-10-13-5-6-16(3,4)9-14(13)15-11-17-7-8-18-15/h7-8,11-14,19H,5-6,9-10H2,1-4H3. The average Bonchev–Trinajstić information content (AvgIpc) is 2.37. The van der Waals surface area contributed by atoms with Crippen LogP contribution in [0.2, 0.25) is 0 Å². The van der Waals surface area contributed by atoms with E-state index in [-0.39, 0.29) is 0 Å². The van der Waals surface area contributed by atoms with Crippen molar-refractivity contribution >= 4 is 0 Å². The van der Waals surface area contributed by atoms with Gasteiger partial charge in [0.15, 0.2) is 0 Å². The predicted molar refractivity (Wildman–Crippen MR) is 79.0 cm³/mol. The van der Waals surface area contributed by atoms with Gasteiger partial charge in [0.25, 0.3) is 0 Å². The van der Waals surface area contributed by atoms with Gasteiger partial charge in [0, 0.05) is 30.6 Å². The summed E-state index contributed by atoms with van der Waals surface area (Å²) in [7, 11) is 0. The smallest absolute Gasteiger partial charge is 0.0620 e. The van der Waals surface area contributed by atoms with Gasteiger partial charge in [0.1, 0.15) is 0 Å². The minimum absolute atomic E-state index is 0.427. The van der Waals surface area contributed by atoms with Crippen LogP contribution in [0.25, 0.3) is 0 Å². The topological polar surface area (TPSA) is 37.8 Å². The van der Waals surface area contributed by atoms with Gasteiger partial charge in [-0.1, -0.05) is 27.7 Å². The van der Waals surface area contributed by atoms with E-state index in [9.17, 15) is 0 Å². The van der Waals surface area contributed by atoms with Crippen molar-refractivity contribution in [1.82, 2.24) is 15.3 Å². The Morgan fingerprint density at radius 1 is 1.37 bits per heavy atom. The first-order valence-corrected chi connectivity index (χ1v) is 7.47. The van der Waals surface area contributed by atoms with Gasteiger partial charge >= 0.3 is 0 Å². The molecule has 1 aliphatic carbocycles. The molecular formula is C16H27N3. The fraction of sp³-hybridized carbons (Fsp3) is 0.750. The minimum atomic E-state index is 0.427. The van der Waals surface area contributed by atoms with Crippen LogP contribution in [0, 0.1) is 11.3 Å². The molecule has 0 saturated heterocycles. The van der Waals surface area contributed by atoms with E-state index in [4.69, 9.17) is 0 Å². The third-order valence-corrected chi connectivity index (χ3v) is 4.28. The molecule has 3 nitrogen and oxygen atoms in total. The minimum Gasteiger partial charge on any atom is -0.314 e. The highest BCUT2D eigenvalue weighted by Crippen LogP contribution is 2.45. The van der Waals surface area contributed by atoms with Gasteiger partial charge in [0.05, 0.1) is 5.69 Å². The summed E-state index contributed by atoms with van der Waals surface area (Å²) in [4.78, 5) is 8.81. The van der Waals surface area contributed by atoms with Crippen LogP contribution in [0.1, 0.15) is 58.6 Å². The first kappa shape index (κ1) is 14.4. The lowest BCUT2D eigenvalue weighted by atomic mass is 9.66. The third-order valence-electron chi connectivity index (χ3n) is 4.28. The Labute approximate surface area is 117 Å². The maximum atomic E-state index is 4.56. The van der Waals surface area contributed by atoms with Crippen molar-refractivity contribution in [3.8, 4) is 0 Å². The Kier molecular flexibility index (Phi) is 4.56. The monoisotopic (exact) mass is 261 g/mol. The average molecular weight is 261 g/mol. The molecule has 1 aromatic rings. The summed E-state index contributed by atoms with van der Waals surface area (Å²) < 4.78 is 0. The van der Waals surface area contributed by atoms with Crippen LogP contribution < -0.4 is 5.32 Å². The molecule has 106 valence electrons. The Morgan fingerprint density at radius 3 is 2.79 bits per heavy atom. The summed E-state index contributed by atoms with van der Waals surface area (Å²) in [5, 5.41) is 3.59. The molecule has 2 atom stereocenters. The van der Waals surface area contributed by atoms with Gasteiger partial charge in [-0.25, -0.2) is 0 Å². The van der Waals surface area contributed by atoms with E-state index in [1.807, 2.05) is 12.4 Å². The van der Waals surface area contributed by atoms with Crippen LogP contribution in [0.4, 0.5) is 0 Å². The summed E-state index contributed by atoms with van der Waals surface area (Å²) in [6, 6.07) is 0.553. The molecule has 1 aromatic heterocycles. The Morgan fingerprint density at radius 2 is 2.16 bits per heavy atom. The molecule has 0 spiro atoms. The van der Waals surface area contributed by atoms with E-state index in [0.717, 1.165) is 6.54 Å². The van der Waals surface area contributed by atoms with Crippen molar-refractivity contribution in [3.05, 3.63) is 24.3 Å². The van der Waals surface area contributed by atoms with Crippen molar-refractivity contribution in [2.24, 2.45) is 11.3 Å².